The molecular weight excluding hydrogens is 332 g/mol. The smallest absolute Gasteiger partial charge is 0.408 e. The van der Waals surface area contributed by atoms with Crippen LogP contribution in [0.15, 0.2) is 53.3 Å². The van der Waals surface area contributed by atoms with E-state index in [9.17, 15) is 4.79 Å². The summed E-state index contributed by atoms with van der Waals surface area (Å²) < 4.78 is 5.75. The Morgan fingerprint density at radius 2 is 2.05 bits per heavy atom. The summed E-state index contributed by atoms with van der Waals surface area (Å²) >= 11 is 3.30. The molecule has 2 aromatic rings. The average Bonchev–Trinajstić information content (AvgIpc) is 2.52. The summed E-state index contributed by atoms with van der Waals surface area (Å²) in [6, 6.07) is 13.1. The van der Waals surface area contributed by atoms with E-state index < -0.39 is 6.09 Å². The lowest BCUT2D eigenvalue weighted by Gasteiger charge is -2.04. The number of hydrogen-bond acceptors (Lipinski definition) is 3. The second-order valence-corrected chi connectivity index (χ2v) is 4.81. The Balaban J connectivity index is 1.74. The molecule has 21 heavy (non-hydrogen) atoms. The zero-order chi connectivity index (χ0) is 14.9. The molecule has 1 N–H and O–H groups in total. The predicted molar refractivity (Wildman–Crippen MR) is 83.4 cm³/mol. The number of benzene rings is 1. The molecule has 0 atom stereocenters. The molecule has 1 heterocycles. The maximum Gasteiger partial charge on any atom is 0.408 e. The van der Waals surface area contributed by atoms with Gasteiger partial charge in [0.05, 0.1) is 12.1 Å². The number of hydrogen-bond donors (Lipinski definition) is 1. The Labute approximate surface area is 131 Å². The van der Waals surface area contributed by atoms with Gasteiger partial charge >= 0.3 is 6.09 Å². The monoisotopic (exact) mass is 344 g/mol. The molecule has 0 saturated carbocycles. The van der Waals surface area contributed by atoms with E-state index in [1.54, 1.807) is 12.3 Å². The van der Waals surface area contributed by atoms with Gasteiger partial charge in [0.2, 0.25) is 0 Å². The number of amides is 1. The third-order valence-corrected chi connectivity index (χ3v) is 3.15. The van der Waals surface area contributed by atoms with Gasteiger partial charge in [0.15, 0.2) is 0 Å². The fourth-order valence-corrected chi connectivity index (χ4v) is 1.86. The molecule has 0 spiro atoms. The highest BCUT2D eigenvalue weighted by Crippen LogP contribution is 2.10. The fraction of sp³-hybridized carbons (Fsp3) is 0.125. The van der Waals surface area contributed by atoms with Gasteiger partial charge < -0.3 is 10.1 Å². The minimum atomic E-state index is -0.488. The number of carbonyl (C=O) groups excluding carboxylic acids is 1. The maximum absolute atomic E-state index is 11.5. The normalized spacial score (nSPS) is 9.38. The molecule has 0 bridgehead atoms. The molecule has 1 aromatic heterocycles. The van der Waals surface area contributed by atoms with E-state index in [1.165, 1.54) is 0 Å². The van der Waals surface area contributed by atoms with Crippen LogP contribution in [0.25, 0.3) is 0 Å². The van der Waals surface area contributed by atoms with Crippen molar-refractivity contribution in [2.45, 2.75) is 6.61 Å². The minimum Gasteiger partial charge on any atom is -0.445 e. The van der Waals surface area contributed by atoms with Crippen molar-refractivity contribution in [3.8, 4) is 11.8 Å². The van der Waals surface area contributed by atoms with Crippen molar-refractivity contribution >= 4 is 22.0 Å². The summed E-state index contributed by atoms with van der Waals surface area (Å²) in [4.78, 5) is 15.5. The van der Waals surface area contributed by atoms with Crippen LogP contribution in [0.5, 0.6) is 0 Å². The first-order valence-electron chi connectivity index (χ1n) is 6.29. The molecule has 0 unspecified atom stereocenters. The van der Waals surface area contributed by atoms with Gasteiger partial charge in [-0.2, -0.15) is 0 Å². The summed E-state index contributed by atoms with van der Waals surface area (Å²) in [6.45, 7) is 0.462. The van der Waals surface area contributed by atoms with E-state index in [0.717, 1.165) is 11.1 Å². The zero-order valence-corrected chi connectivity index (χ0v) is 12.8. The Morgan fingerprint density at radius 3 is 2.81 bits per heavy atom. The second-order valence-electron chi connectivity index (χ2n) is 4.06. The van der Waals surface area contributed by atoms with Gasteiger partial charge in [0, 0.05) is 6.20 Å². The number of nitrogens with one attached hydrogen (secondary N) is 1. The van der Waals surface area contributed by atoms with Crippen LogP contribution in [0.2, 0.25) is 0 Å². The van der Waals surface area contributed by atoms with Gasteiger partial charge in [-0.1, -0.05) is 42.2 Å². The van der Waals surface area contributed by atoms with E-state index in [-0.39, 0.29) is 13.2 Å². The number of ether oxygens (including phenoxy) is 1. The van der Waals surface area contributed by atoms with Crippen molar-refractivity contribution in [2.24, 2.45) is 0 Å². The number of rotatable bonds is 3. The standard InChI is InChI=1S/C16H13BrN2O2/c17-15-14(8-4-10-18-15)9-5-11-19-16(20)21-12-13-6-2-1-3-7-13/h1-4,6-8,10H,11-12H2,(H,19,20). The summed E-state index contributed by atoms with van der Waals surface area (Å²) in [5, 5.41) is 2.57. The van der Waals surface area contributed by atoms with Crippen LogP contribution in [0.1, 0.15) is 11.1 Å². The Morgan fingerprint density at radius 1 is 1.24 bits per heavy atom. The van der Waals surface area contributed by atoms with Crippen molar-refractivity contribution < 1.29 is 9.53 Å². The third-order valence-electron chi connectivity index (χ3n) is 2.52. The molecule has 0 aliphatic carbocycles. The van der Waals surface area contributed by atoms with E-state index in [0.29, 0.717) is 4.60 Å². The first-order chi connectivity index (χ1) is 10.3. The molecule has 0 aliphatic rings. The Hall–Kier alpha value is -2.32. The molecular formula is C16H13BrN2O2. The number of carbonyl (C=O) groups is 1. The van der Waals surface area contributed by atoms with Gasteiger partial charge in [-0.15, -0.1) is 0 Å². The van der Waals surface area contributed by atoms with Crippen LogP contribution in [-0.4, -0.2) is 17.6 Å². The molecule has 106 valence electrons. The molecule has 1 aromatic carbocycles. The Bertz CT molecular complexity index is 663. The van der Waals surface area contributed by atoms with Gasteiger partial charge in [-0.25, -0.2) is 9.78 Å². The summed E-state index contributed by atoms with van der Waals surface area (Å²) in [6.07, 6.45) is 1.19. The SMILES string of the molecule is O=C(NCC#Cc1cccnc1Br)OCc1ccccc1. The topological polar surface area (TPSA) is 51.2 Å². The Kier molecular flexibility index (Phi) is 5.80. The highest BCUT2D eigenvalue weighted by atomic mass is 79.9. The number of aromatic nitrogens is 1. The predicted octanol–water partition coefficient (Wildman–Crippen LogP) is 3.12. The maximum atomic E-state index is 11.5. The average molecular weight is 345 g/mol. The molecule has 0 saturated heterocycles. The molecule has 0 radical (unpaired) electrons. The zero-order valence-electron chi connectivity index (χ0n) is 11.2. The molecule has 5 heteroatoms. The van der Waals surface area contributed by atoms with Gasteiger partial charge in [-0.05, 0) is 33.6 Å². The lowest BCUT2D eigenvalue weighted by atomic mass is 10.2. The van der Waals surface area contributed by atoms with E-state index >= 15 is 0 Å². The van der Waals surface area contributed by atoms with Gasteiger partial charge in [0.1, 0.15) is 11.2 Å². The van der Waals surface area contributed by atoms with Crippen LogP contribution < -0.4 is 5.32 Å². The summed E-state index contributed by atoms with van der Waals surface area (Å²) in [7, 11) is 0. The summed E-state index contributed by atoms with van der Waals surface area (Å²) in [5.74, 6) is 5.75. The largest absolute Gasteiger partial charge is 0.445 e. The molecule has 0 aliphatic heterocycles. The first-order valence-corrected chi connectivity index (χ1v) is 7.09. The number of pyridine rings is 1. The lowest BCUT2D eigenvalue weighted by molar-refractivity contribution is 0.141. The van der Waals surface area contributed by atoms with Crippen molar-refractivity contribution in [1.29, 1.82) is 0 Å². The molecule has 4 nitrogen and oxygen atoms in total. The van der Waals surface area contributed by atoms with Crippen LogP contribution in [-0.2, 0) is 11.3 Å². The van der Waals surface area contributed by atoms with E-state index in [1.807, 2.05) is 36.4 Å². The third kappa shape index (κ3) is 5.28. The highest BCUT2D eigenvalue weighted by molar-refractivity contribution is 9.10. The number of nitrogens with zero attached hydrogens (tertiary/aromatic N) is 1. The highest BCUT2D eigenvalue weighted by Gasteiger charge is 2.00. The fourth-order valence-electron chi connectivity index (χ4n) is 1.51. The minimum absolute atomic E-state index is 0.217. The van der Waals surface area contributed by atoms with Crippen LogP contribution in [0.3, 0.4) is 0 Å². The van der Waals surface area contributed by atoms with Crippen LogP contribution >= 0.6 is 15.9 Å². The lowest BCUT2D eigenvalue weighted by Crippen LogP contribution is -2.24. The first kappa shape index (κ1) is 15.1. The van der Waals surface area contributed by atoms with Crippen molar-refractivity contribution in [1.82, 2.24) is 10.3 Å². The van der Waals surface area contributed by atoms with Crippen molar-refractivity contribution in [2.75, 3.05) is 6.54 Å². The molecule has 2 rings (SSSR count). The second kappa shape index (κ2) is 8.08. The van der Waals surface area contributed by atoms with Crippen molar-refractivity contribution in [3.63, 3.8) is 0 Å². The van der Waals surface area contributed by atoms with E-state index in [4.69, 9.17) is 4.74 Å². The number of alkyl carbamates (subject to hydrolysis) is 1. The van der Waals surface area contributed by atoms with Gasteiger partial charge in [0.25, 0.3) is 0 Å². The summed E-state index contributed by atoms with van der Waals surface area (Å²) in [5.41, 5.74) is 1.72. The van der Waals surface area contributed by atoms with Gasteiger partial charge in [-0.3, -0.25) is 0 Å². The number of halogens is 1. The van der Waals surface area contributed by atoms with E-state index in [2.05, 4.69) is 38.1 Å². The van der Waals surface area contributed by atoms with Crippen LogP contribution in [0, 0.1) is 11.8 Å². The molecule has 1 amide bonds. The quantitative estimate of drug-likeness (QED) is 0.687. The molecule has 0 fully saturated rings. The van der Waals surface area contributed by atoms with Crippen LogP contribution in [0.4, 0.5) is 4.79 Å². The van der Waals surface area contributed by atoms with Crippen molar-refractivity contribution in [3.05, 3.63) is 64.4 Å².